The largest absolute Gasteiger partial charge is 0.479 e. The van der Waals surface area contributed by atoms with Crippen molar-refractivity contribution in [2.24, 2.45) is 5.92 Å². The summed E-state index contributed by atoms with van der Waals surface area (Å²) in [6.45, 7) is 5.34. The van der Waals surface area contributed by atoms with Crippen molar-refractivity contribution in [1.82, 2.24) is 10.6 Å². The molecule has 0 aromatic heterocycles. The van der Waals surface area contributed by atoms with Gasteiger partial charge >= 0.3 is 5.97 Å². The fourth-order valence-electron chi connectivity index (χ4n) is 2.04. The van der Waals surface area contributed by atoms with Gasteiger partial charge in [0.2, 0.25) is 5.91 Å². The average Bonchev–Trinajstić information content (AvgIpc) is 2.52. The molecule has 132 valence electrons. The number of rotatable bonds is 8. The molecule has 0 spiro atoms. The van der Waals surface area contributed by atoms with Crippen molar-refractivity contribution in [1.29, 1.82) is 0 Å². The lowest BCUT2D eigenvalue weighted by molar-refractivity contribution is -0.148. The number of aliphatic carboxylic acids is 1. The fraction of sp³-hybridized carbons (Fsp3) is 0.471. The van der Waals surface area contributed by atoms with E-state index >= 15 is 0 Å². The van der Waals surface area contributed by atoms with Crippen LogP contribution >= 0.6 is 0 Å². The first-order valence-corrected chi connectivity index (χ1v) is 7.67. The second-order valence-corrected chi connectivity index (χ2v) is 5.87. The second-order valence-electron chi connectivity index (χ2n) is 5.87. The van der Waals surface area contributed by atoms with Crippen LogP contribution in [0.3, 0.4) is 0 Å². The molecule has 0 aliphatic rings. The Hall–Kier alpha value is -2.41. The Kier molecular flexibility index (Phi) is 7.38. The van der Waals surface area contributed by atoms with E-state index in [2.05, 4.69) is 10.6 Å². The molecule has 0 saturated heterocycles. The van der Waals surface area contributed by atoms with Crippen LogP contribution in [0.1, 0.15) is 29.8 Å². The van der Waals surface area contributed by atoms with E-state index in [1.165, 1.54) is 7.11 Å². The summed E-state index contributed by atoms with van der Waals surface area (Å²) >= 11 is 0. The van der Waals surface area contributed by atoms with Gasteiger partial charge in [-0.15, -0.1) is 0 Å². The number of carbonyl (C=O) groups is 3. The van der Waals surface area contributed by atoms with Crippen molar-refractivity contribution in [2.75, 3.05) is 13.7 Å². The van der Waals surface area contributed by atoms with E-state index in [4.69, 9.17) is 9.84 Å². The zero-order valence-corrected chi connectivity index (χ0v) is 14.3. The number of hydrogen-bond donors (Lipinski definition) is 3. The lowest BCUT2D eigenvalue weighted by Gasteiger charge is -2.22. The Morgan fingerprint density at radius 2 is 1.75 bits per heavy atom. The summed E-state index contributed by atoms with van der Waals surface area (Å²) in [5.41, 5.74) is 1.49. The van der Waals surface area contributed by atoms with E-state index in [0.717, 1.165) is 5.56 Å². The predicted octanol–water partition coefficient (Wildman–Crippen LogP) is 0.965. The lowest BCUT2D eigenvalue weighted by Crippen LogP contribution is -2.51. The van der Waals surface area contributed by atoms with Crippen molar-refractivity contribution < 1.29 is 24.2 Å². The molecular formula is C17H24N2O5. The minimum Gasteiger partial charge on any atom is -0.479 e. The van der Waals surface area contributed by atoms with Gasteiger partial charge in [-0.2, -0.15) is 0 Å². The van der Waals surface area contributed by atoms with Crippen molar-refractivity contribution >= 4 is 17.8 Å². The van der Waals surface area contributed by atoms with Crippen LogP contribution in [0.2, 0.25) is 0 Å². The Morgan fingerprint density at radius 1 is 1.17 bits per heavy atom. The van der Waals surface area contributed by atoms with E-state index in [9.17, 15) is 14.4 Å². The zero-order chi connectivity index (χ0) is 18.3. The molecule has 0 radical (unpaired) electrons. The number of benzene rings is 1. The van der Waals surface area contributed by atoms with Gasteiger partial charge in [-0.1, -0.05) is 31.5 Å². The molecule has 7 heteroatoms. The van der Waals surface area contributed by atoms with Crippen LogP contribution in [0, 0.1) is 12.8 Å². The third-order valence-electron chi connectivity index (χ3n) is 3.57. The molecule has 0 saturated carbocycles. The van der Waals surface area contributed by atoms with Gasteiger partial charge in [0, 0.05) is 12.7 Å². The van der Waals surface area contributed by atoms with Gasteiger partial charge in [-0.3, -0.25) is 9.59 Å². The molecule has 24 heavy (non-hydrogen) atoms. The monoisotopic (exact) mass is 336 g/mol. The van der Waals surface area contributed by atoms with Crippen LogP contribution in [0.15, 0.2) is 24.3 Å². The minimum absolute atomic E-state index is 0.162. The Morgan fingerprint density at radius 3 is 2.21 bits per heavy atom. The van der Waals surface area contributed by atoms with E-state index in [-0.39, 0.29) is 18.4 Å². The average molecular weight is 336 g/mol. The van der Waals surface area contributed by atoms with Crippen LogP contribution in [0.25, 0.3) is 0 Å². The van der Waals surface area contributed by atoms with E-state index < -0.39 is 24.0 Å². The molecule has 2 unspecified atom stereocenters. The van der Waals surface area contributed by atoms with Gasteiger partial charge in [0.1, 0.15) is 6.04 Å². The second kappa shape index (κ2) is 9.02. The molecule has 1 rings (SSSR count). The number of nitrogens with one attached hydrogen (secondary N) is 2. The number of aryl methyl sites for hydroxylation is 1. The number of carbonyl (C=O) groups excluding carboxylic acids is 2. The third kappa shape index (κ3) is 5.66. The SMILES string of the molecule is COC(CNC(=O)C(NC(=O)c1ccc(C)cc1)C(C)C)C(=O)O. The van der Waals surface area contributed by atoms with Gasteiger partial charge in [0.25, 0.3) is 5.91 Å². The molecule has 0 heterocycles. The maximum absolute atomic E-state index is 12.3. The highest BCUT2D eigenvalue weighted by Crippen LogP contribution is 2.07. The first kappa shape index (κ1) is 19.6. The Balaban J connectivity index is 2.72. The van der Waals surface area contributed by atoms with Crippen LogP contribution in [0.5, 0.6) is 0 Å². The summed E-state index contributed by atoms with van der Waals surface area (Å²) in [6.07, 6.45) is -1.13. The number of carboxylic acid groups (broad SMARTS) is 1. The van der Waals surface area contributed by atoms with E-state index in [1.807, 2.05) is 19.1 Å². The van der Waals surface area contributed by atoms with Gasteiger partial charge in [0.15, 0.2) is 6.10 Å². The van der Waals surface area contributed by atoms with Crippen LogP contribution < -0.4 is 10.6 Å². The maximum atomic E-state index is 12.3. The molecule has 1 aromatic rings. The molecule has 0 aliphatic carbocycles. The van der Waals surface area contributed by atoms with Crippen molar-refractivity contribution in [3.63, 3.8) is 0 Å². The zero-order valence-electron chi connectivity index (χ0n) is 14.3. The summed E-state index contributed by atoms with van der Waals surface area (Å²) in [6, 6.07) is 6.23. The fourth-order valence-corrected chi connectivity index (χ4v) is 2.04. The highest BCUT2D eigenvalue weighted by atomic mass is 16.5. The standard InChI is InChI=1S/C17H24N2O5/c1-10(2)14(16(21)18-9-13(24-4)17(22)23)19-15(20)12-7-5-11(3)6-8-12/h5-8,10,13-14H,9H2,1-4H3,(H,18,21)(H,19,20)(H,22,23). The van der Waals surface area contributed by atoms with Gasteiger partial charge < -0.3 is 20.5 Å². The molecular weight excluding hydrogens is 312 g/mol. The van der Waals surface area contributed by atoms with Gasteiger partial charge in [0.05, 0.1) is 6.54 Å². The van der Waals surface area contributed by atoms with Crippen LogP contribution in [0.4, 0.5) is 0 Å². The molecule has 1 aromatic carbocycles. The summed E-state index contributed by atoms with van der Waals surface area (Å²) in [4.78, 5) is 35.4. The first-order chi connectivity index (χ1) is 11.3. The third-order valence-corrected chi connectivity index (χ3v) is 3.57. The maximum Gasteiger partial charge on any atom is 0.334 e. The lowest BCUT2D eigenvalue weighted by atomic mass is 10.0. The number of methoxy groups -OCH3 is 1. The summed E-state index contributed by atoms with van der Waals surface area (Å²) < 4.78 is 4.76. The summed E-state index contributed by atoms with van der Waals surface area (Å²) in [7, 11) is 1.25. The van der Waals surface area contributed by atoms with Gasteiger partial charge in [-0.05, 0) is 25.0 Å². The van der Waals surface area contributed by atoms with Crippen LogP contribution in [-0.4, -0.2) is 48.7 Å². The predicted molar refractivity (Wildman–Crippen MR) is 88.7 cm³/mol. The number of amides is 2. The van der Waals surface area contributed by atoms with Crippen molar-refractivity contribution in [2.45, 2.75) is 32.9 Å². The Labute approximate surface area is 141 Å². The number of ether oxygens (including phenoxy) is 1. The number of carboxylic acids is 1. The minimum atomic E-state index is -1.16. The normalized spacial score (nSPS) is 13.2. The molecule has 3 N–H and O–H groups in total. The van der Waals surface area contributed by atoms with Crippen LogP contribution in [-0.2, 0) is 14.3 Å². The molecule has 0 bridgehead atoms. The number of hydrogen-bond acceptors (Lipinski definition) is 4. The highest BCUT2D eigenvalue weighted by Gasteiger charge is 2.26. The summed E-state index contributed by atoms with van der Waals surface area (Å²) in [5, 5.41) is 14.1. The van der Waals surface area contributed by atoms with E-state index in [0.29, 0.717) is 5.56 Å². The highest BCUT2D eigenvalue weighted by molar-refractivity contribution is 5.97. The molecule has 2 atom stereocenters. The smallest absolute Gasteiger partial charge is 0.334 e. The molecule has 0 aliphatic heterocycles. The first-order valence-electron chi connectivity index (χ1n) is 7.67. The summed E-state index contributed by atoms with van der Waals surface area (Å²) in [5.74, 6) is -2.13. The molecule has 7 nitrogen and oxygen atoms in total. The molecule has 2 amide bonds. The Bertz CT molecular complexity index is 583. The molecule has 0 fully saturated rings. The topological polar surface area (TPSA) is 105 Å². The van der Waals surface area contributed by atoms with Crippen molar-refractivity contribution in [3.05, 3.63) is 35.4 Å². The van der Waals surface area contributed by atoms with Crippen molar-refractivity contribution in [3.8, 4) is 0 Å². The van der Waals surface area contributed by atoms with E-state index in [1.54, 1.807) is 26.0 Å². The quantitative estimate of drug-likeness (QED) is 0.656. The van der Waals surface area contributed by atoms with Gasteiger partial charge in [-0.25, -0.2) is 4.79 Å².